The molecule has 0 aliphatic carbocycles. The third-order valence-corrected chi connectivity index (χ3v) is 3.14. The van der Waals surface area contributed by atoms with E-state index in [1.165, 1.54) is 12.1 Å². The second-order valence-corrected chi connectivity index (χ2v) is 4.40. The van der Waals surface area contributed by atoms with Crippen LogP contribution in [0.3, 0.4) is 0 Å². The van der Waals surface area contributed by atoms with E-state index >= 15 is 0 Å². The molecule has 0 amide bonds. The summed E-state index contributed by atoms with van der Waals surface area (Å²) in [7, 11) is 5.05. The van der Waals surface area contributed by atoms with Crippen molar-refractivity contribution in [2.24, 2.45) is 0 Å². The molecule has 0 radical (unpaired) electrons. The van der Waals surface area contributed by atoms with Gasteiger partial charge in [-0.25, -0.2) is 4.39 Å². The number of methoxy groups -OCH3 is 2. The number of hydrogen-bond acceptors (Lipinski definition) is 3. The minimum absolute atomic E-state index is 0.266. The second kappa shape index (κ2) is 6.39. The van der Waals surface area contributed by atoms with Crippen LogP contribution in [-0.2, 0) is 6.54 Å². The summed E-state index contributed by atoms with van der Waals surface area (Å²) in [6.45, 7) is 0.658. The molecule has 0 saturated heterocycles. The third kappa shape index (κ3) is 2.91. The van der Waals surface area contributed by atoms with Crippen molar-refractivity contribution in [1.82, 2.24) is 5.32 Å². The van der Waals surface area contributed by atoms with Crippen molar-refractivity contribution in [3.63, 3.8) is 0 Å². The molecular weight excluding hydrogens is 257 g/mol. The Morgan fingerprint density at radius 3 is 2.45 bits per heavy atom. The van der Waals surface area contributed by atoms with Crippen molar-refractivity contribution >= 4 is 0 Å². The van der Waals surface area contributed by atoms with E-state index in [1.807, 2.05) is 19.2 Å². The molecule has 0 aromatic heterocycles. The van der Waals surface area contributed by atoms with Crippen molar-refractivity contribution in [2.45, 2.75) is 6.54 Å². The summed E-state index contributed by atoms with van der Waals surface area (Å²) < 4.78 is 24.1. The largest absolute Gasteiger partial charge is 0.497 e. The van der Waals surface area contributed by atoms with Crippen LogP contribution in [-0.4, -0.2) is 21.3 Å². The Labute approximate surface area is 118 Å². The SMILES string of the molecule is CNCc1ccc(F)cc1-c1ccc(OC)cc1OC. The van der Waals surface area contributed by atoms with Crippen LogP contribution in [0, 0.1) is 5.82 Å². The predicted octanol–water partition coefficient (Wildman–Crippen LogP) is 3.23. The van der Waals surface area contributed by atoms with Gasteiger partial charge in [0.2, 0.25) is 0 Å². The van der Waals surface area contributed by atoms with Gasteiger partial charge in [-0.15, -0.1) is 0 Å². The first-order valence-corrected chi connectivity index (χ1v) is 6.35. The standard InChI is InChI=1S/C16H18FNO2/c1-18-10-11-4-5-12(17)8-15(11)14-7-6-13(19-2)9-16(14)20-3/h4-9,18H,10H2,1-3H3. The number of nitrogens with one attached hydrogen (secondary N) is 1. The van der Waals surface area contributed by atoms with Crippen molar-refractivity contribution in [2.75, 3.05) is 21.3 Å². The van der Waals surface area contributed by atoms with E-state index in [2.05, 4.69) is 5.32 Å². The summed E-state index contributed by atoms with van der Waals surface area (Å²) in [5.41, 5.74) is 2.68. The molecule has 20 heavy (non-hydrogen) atoms. The molecule has 0 spiro atoms. The van der Waals surface area contributed by atoms with Crippen LogP contribution >= 0.6 is 0 Å². The molecule has 2 aromatic carbocycles. The van der Waals surface area contributed by atoms with Crippen LogP contribution in [0.1, 0.15) is 5.56 Å². The summed E-state index contributed by atoms with van der Waals surface area (Å²) >= 11 is 0. The number of benzene rings is 2. The maximum atomic E-state index is 13.6. The normalized spacial score (nSPS) is 10.4. The highest BCUT2D eigenvalue weighted by Crippen LogP contribution is 2.35. The lowest BCUT2D eigenvalue weighted by atomic mass is 9.98. The van der Waals surface area contributed by atoms with Crippen molar-refractivity contribution in [1.29, 1.82) is 0 Å². The van der Waals surface area contributed by atoms with E-state index in [0.29, 0.717) is 18.0 Å². The monoisotopic (exact) mass is 275 g/mol. The highest BCUT2D eigenvalue weighted by Gasteiger charge is 2.12. The zero-order chi connectivity index (χ0) is 14.5. The Bertz CT molecular complexity index is 599. The first kappa shape index (κ1) is 14.3. The Morgan fingerprint density at radius 1 is 1.00 bits per heavy atom. The molecule has 2 aromatic rings. The summed E-state index contributed by atoms with van der Waals surface area (Å²) in [6.07, 6.45) is 0. The predicted molar refractivity (Wildman–Crippen MR) is 77.7 cm³/mol. The molecule has 0 fully saturated rings. The van der Waals surface area contributed by atoms with E-state index in [-0.39, 0.29) is 5.82 Å². The van der Waals surface area contributed by atoms with Crippen LogP contribution in [0.15, 0.2) is 36.4 Å². The van der Waals surface area contributed by atoms with Gasteiger partial charge in [0.25, 0.3) is 0 Å². The molecule has 106 valence electrons. The lowest BCUT2D eigenvalue weighted by Crippen LogP contribution is -2.07. The third-order valence-electron chi connectivity index (χ3n) is 3.14. The van der Waals surface area contributed by atoms with Gasteiger partial charge in [-0.2, -0.15) is 0 Å². The van der Waals surface area contributed by atoms with E-state index in [9.17, 15) is 4.39 Å². The molecule has 0 aliphatic rings. The number of halogens is 1. The fourth-order valence-corrected chi connectivity index (χ4v) is 2.17. The topological polar surface area (TPSA) is 30.5 Å². The summed E-state index contributed by atoms with van der Waals surface area (Å²) in [4.78, 5) is 0. The van der Waals surface area contributed by atoms with E-state index in [1.54, 1.807) is 26.4 Å². The zero-order valence-corrected chi connectivity index (χ0v) is 11.9. The lowest BCUT2D eigenvalue weighted by molar-refractivity contribution is 0.395. The molecule has 1 N–H and O–H groups in total. The first-order chi connectivity index (χ1) is 9.69. The fourth-order valence-electron chi connectivity index (χ4n) is 2.17. The summed E-state index contributed by atoms with van der Waals surface area (Å²) in [5.74, 6) is 1.10. The van der Waals surface area contributed by atoms with Crippen LogP contribution in [0.2, 0.25) is 0 Å². The average molecular weight is 275 g/mol. The lowest BCUT2D eigenvalue weighted by Gasteiger charge is -2.14. The van der Waals surface area contributed by atoms with Gasteiger partial charge in [0.05, 0.1) is 14.2 Å². The van der Waals surface area contributed by atoms with Crippen LogP contribution in [0.5, 0.6) is 11.5 Å². The van der Waals surface area contributed by atoms with Gasteiger partial charge in [0, 0.05) is 18.2 Å². The minimum atomic E-state index is -0.266. The van der Waals surface area contributed by atoms with Gasteiger partial charge in [0.1, 0.15) is 17.3 Å². The molecule has 0 heterocycles. The second-order valence-electron chi connectivity index (χ2n) is 4.40. The van der Waals surface area contributed by atoms with Crippen LogP contribution < -0.4 is 14.8 Å². The van der Waals surface area contributed by atoms with E-state index < -0.39 is 0 Å². The molecule has 0 aliphatic heterocycles. The average Bonchev–Trinajstić information content (AvgIpc) is 2.48. The van der Waals surface area contributed by atoms with Crippen LogP contribution in [0.4, 0.5) is 4.39 Å². The minimum Gasteiger partial charge on any atom is -0.497 e. The highest BCUT2D eigenvalue weighted by atomic mass is 19.1. The highest BCUT2D eigenvalue weighted by molar-refractivity contribution is 5.74. The Morgan fingerprint density at radius 2 is 1.80 bits per heavy atom. The molecule has 0 bridgehead atoms. The molecule has 3 nitrogen and oxygen atoms in total. The number of hydrogen-bond donors (Lipinski definition) is 1. The molecule has 4 heteroatoms. The summed E-state index contributed by atoms with van der Waals surface area (Å²) in [5, 5.41) is 3.09. The number of rotatable bonds is 5. The fraction of sp³-hybridized carbons (Fsp3) is 0.250. The first-order valence-electron chi connectivity index (χ1n) is 6.35. The van der Waals surface area contributed by atoms with E-state index in [4.69, 9.17) is 9.47 Å². The number of ether oxygens (including phenoxy) is 2. The molecular formula is C16H18FNO2. The van der Waals surface area contributed by atoms with Crippen LogP contribution in [0.25, 0.3) is 11.1 Å². The van der Waals surface area contributed by atoms with Gasteiger partial charge in [-0.1, -0.05) is 6.07 Å². The maximum absolute atomic E-state index is 13.6. The Hall–Kier alpha value is -2.07. The smallest absolute Gasteiger partial charge is 0.130 e. The van der Waals surface area contributed by atoms with Crippen molar-refractivity contribution in [3.8, 4) is 22.6 Å². The Kier molecular flexibility index (Phi) is 4.58. The molecule has 0 unspecified atom stereocenters. The van der Waals surface area contributed by atoms with Gasteiger partial charge in [-0.3, -0.25) is 0 Å². The zero-order valence-electron chi connectivity index (χ0n) is 11.9. The van der Waals surface area contributed by atoms with Crippen molar-refractivity contribution < 1.29 is 13.9 Å². The summed E-state index contributed by atoms with van der Waals surface area (Å²) in [6, 6.07) is 10.3. The van der Waals surface area contributed by atoms with Gasteiger partial charge in [-0.05, 0) is 42.4 Å². The van der Waals surface area contributed by atoms with Gasteiger partial charge in [0.15, 0.2) is 0 Å². The molecule has 0 saturated carbocycles. The molecule has 2 rings (SSSR count). The van der Waals surface area contributed by atoms with Gasteiger partial charge >= 0.3 is 0 Å². The quantitative estimate of drug-likeness (QED) is 0.908. The van der Waals surface area contributed by atoms with E-state index in [0.717, 1.165) is 16.7 Å². The molecule has 0 atom stereocenters. The Balaban J connectivity index is 2.57. The maximum Gasteiger partial charge on any atom is 0.130 e. The van der Waals surface area contributed by atoms with Crippen molar-refractivity contribution in [3.05, 3.63) is 47.8 Å². The van der Waals surface area contributed by atoms with Gasteiger partial charge < -0.3 is 14.8 Å².